The quantitative estimate of drug-likeness (QED) is 0.769. The van der Waals surface area contributed by atoms with Gasteiger partial charge in [0.2, 0.25) is 0 Å². The Morgan fingerprint density at radius 1 is 1.27 bits per heavy atom. The van der Waals surface area contributed by atoms with Crippen LogP contribution in [-0.2, 0) is 15.5 Å². The van der Waals surface area contributed by atoms with Gasteiger partial charge < -0.3 is 4.74 Å². The van der Waals surface area contributed by atoms with Crippen LogP contribution in [0.1, 0.15) is 19.8 Å². The highest BCUT2D eigenvalue weighted by Gasteiger charge is 2.17. The fourth-order valence-electron chi connectivity index (χ4n) is 1.62. The van der Waals surface area contributed by atoms with E-state index >= 15 is 0 Å². The summed E-state index contributed by atoms with van der Waals surface area (Å²) in [6.07, 6.45) is 1.85. The molecule has 0 amide bonds. The van der Waals surface area contributed by atoms with Gasteiger partial charge in [0.25, 0.3) is 0 Å². The van der Waals surface area contributed by atoms with Gasteiger partial charge in [0.15, 0.2) is 0 Å². The van der Waals surface area contributed by atoms with E-state index in [9.17, 15) is 4.21 Å². The first-order chi connectivity index (χ1) is 7.29. The van der Waals surface area contributed by atoms with Gasteiger partial charge in [-0.2, -0.15) is 0 Å². The summed E-state index contributed by atoms with van der Waals surface area (Å²) >= 11 is 0. The summed E-state index contributed by atoms with van der Waals surface area (Å²) in [5, 5.41) is 0. The summed E-state index contributed by atoms with van der Waals surface area (Å²) < 4.78 is 17.6. The molecule has 0 saturated heterocycles. The van der Waals surface area contributed by atoms with Crippen molar-refractivity contribution >= 4 is 10.8 Å². The molecule has 80 valence electrons. The highest BCUT2D eigenvalue weighted by molar-refractivity contribution is 7.89. The summed E-state index contributed by atoms with van der Waals surface area (Å²) in [4.78, 5) is 1.80. The topological polar surface area (TPSA) is 26.3 Å². The second kappa shape index (κ2) is 4.62. The highest BCUT2D eigenvalue weighted by atomic mass is 32.2. The largest absolute Gasteiger partial charge is 0.497 e. The minimum absolute atomic E-state index is 0.751. The van der Waals surface area contributed by atoms with Crippen molar-refractivity contribution in [2.24, 2.45) is 0 Å². The first-order valence-corrected chi connectivity index (χ1v) is 6.23. The van der Waals surface area contributed by atoms with Gasteiger partial charge in [-0.1, -0.05) is 18.2 Å². The van der Waals surface area contributed by atoms with Gasteiger partial charge in [-0.05, 0) is 31.9 Å². The van der Waals surface area contributed by atoms with Crippen LogP contribution in [0.4, 0.5) is 0 Å². The van der Waals surface area contributed by atoms with Crippen molar-refractivity contribution in [2.45, 2.75) is 24.7 Å². The van der Waals surface area contributed by atoms with Gasteiger partial charge in [0, 0.05) is 4.90 Å². The van der Waals surface area contributed by atoms with Gasteiger partial charge >= 0.3 is 0 Å². The molecule has 1 aromatic carbocycles. The van der Waals surface area contributed by atoms with Crippen LogP contribution in [0.2, 0.25) is 0 Å². The Kier molecular flexibility index (Phi) is 3.21. The Hall–Kier alpha value is -1.09. The Bertz CT molecular complexity index is 395. The molecule has 3 heteroatoms. The predicted octanol–water partition coefficient (Wildman–Crippen LogP) is 2.84. The zero-order chi connectivity index (χ0) is 10.7. The van der Waals surface area contributed by atoms with Crippen molar-refractivity contribution in [3.05, 3.63) is 41.0 Å². The summed E-state index contributed by atoms with van der Waals surface area (Å²) in [6, 6.07) is 9.54. The zero-order valence-electron chi connectivity index (χ0n) is 8.73. The molecule has 15 heavy (non-hydrogen) atoms. The lowest BCUT2D eigenvalue weighted by Crippen LogP contribution is -2.08. The van der Waals surface area contributed by atoms with Gasteiger partial charge in [-0.15, -0.1) is 0 Å². The number of rotatable bonds is 2. The molecule has 0 saturated carbocycles. The summed E-state index contributed by atoms with van der Waals surface area (Å²) in [5.74, 6) is 0.837. The molecule has 2 nitrogen and oxygen atoms in total. The number of hydrogen-bond donors (Lipinski definition) is 0. The molecular formula is C12H14O2S. The second-order valence-electron chi connectivity index (χ2n) is 3.51. The highest BCUT2D eigenvalue weighted by Crippen LogP contribution is 2.25. The van der Waals surface area contributed by atoms with Crippen LogP contribution in [0, 0.1) is 0 Å². The van der Waals surface area contributed by atoms with Crippen LogP contribution in [0.5, 0.6) is 0 Å². The summed E-state index contributed by atoms with van der Waals surface area (Å²) in [6.45, 7) is 2.65. The SMILES string of the molecule is CC1=C(S(=O)c2ccccc2)CCCO1. The lowest BCUT2D eigenvalue weighted by Gasteiger charge is -2.18. The van der Waals surface area contributed by atoms with E-state index in [0.29, 0.717) is 0 Å². The van der Waals surface area contributed by atoms with Gasteiger partial charge in [0.05, 0.1) is 22.3 Å². The van der Waals surface area contributed by atoms with Crippen molar-refractivity contribution in [3.63, 3.8) is 0 Å². The molecule has 1 aromatic rings. The van der Waals surface area contributed by atoms with Crippen LogP contribution >= 0.6 is 0 Å². The number of hydrogen-bond acceptors (Lipinski definition) is 2. The lowest BCUT2D eigenvalue weighted by molar-refractivity contribution is 0.193. The minimum atomic E-state index is -1.05. The molecule has 2 rings (SSSR count). The van der Waals surface area contributed by atoms with Gasteiger partial charge in [-0.25, -0.2) is 4.21 Å². The Morgan fingerprint density at radius 2 is 2.00 bits per heavy atom. The number of allylic oxidation sites excluding steroid dienone is 2. The molecule has 1 atom stereocenters. The number of benzene rings is 1. The van der Waals surface area contributed by atoms with Crippen LogP contribution in [-0.4, -0.2) is 10.8 Å². The van der Waals surface area contributed by atoms with Crippen LogP contribution in [0.25, 0.3) is 0 Å². The average molecular weight is 222 g/mol. The molecule has 1 aliphatic heterocycles. The molecule has 0 aliphatic carbocycles. The third kappa shape index (κ3) is 2.29. The van der Waals surface area contributed by atoms with Crippen molar-refractivity contribution in [3.8, 4) is 0 Å². The average Bonchev–Trinajstić information content (AvgIpc) is 2.30. The lowest BCUT2D eigenvalue weighted by atomic mass is 10.2. The second-order valence-corrected chi connectivity index (χ2v) is 5.01. The first kappa shape index (κ1) is 10.4. The Labute approximate surface area is 92.4 Å². The Morgan fingerprint density at radius 3 is 2.67 bits per heavy atom. The number of ether oxygens (including phenoxy) is 1. The molecule has 0 bridgehead atoms. The van der Waals surface area contributed by atoms with Crippen LogP contribution in [0.15, 0.2) is 45.9 Å². The third-order valence-electron chi connectivity index (χ3n) is 2.44. The zero-order valence-corrected chi connectivity index (χ0v) is 9.55. The molecule has 1 heterocycles. The first-order valence-electron chi connectivity index (χ1n) is 5.08. The smallest absolute Gasteiger partial charge is 0.105 e. The standard InChI is InChI=1S/C12H14O2S/c1-10-12(8-5-9-14-10)15(13)11-6-3-2-4-7-11/h2-4,6-7H,5,8-9H2,1H3. The maximum atomic E-state index is 12.2. The molecular weight excluding hydrogens is 208 g/mol. The molecule has 1 aliphatic rings. The van der Waals surface area contributed by atoms with Crippen LogP contribution < -0.4 is 0 Å². The molecule has 0 radical (unpaired) electrons. The molecule has 0 aromatic heterocycles. The van der Waals surface area contributed by atoms with Crippen molar-refractivity contribution in [1.29, 1.82) is 0 Å². The van der Waals surface area contributed by atoms with Crippen LogP contribution in [0.3, 0.4) is 0 Å². The van der Waals surface area contributed by atoms with E-state index in [-0.39, 0.29) is 0 Å². The summed E-state index contributed by atoms with van der Waals surface area (Å²) in [7, 11) is -1.05. The van der Waals surface area contributed by atoms with E-state index < -0.39 is 10.8 Å². The van der Waals surface area contributed by atoms with E-state index in [4.69, 9.17) is 4.74 Å². The minimum Gasteiger partial charge on any atom is -0.497 e. The molecule has 0 spiro atoms. The monoisotopic (exact) mass is 222 g/mol. The van der Waals surface area contributed by atoms with E-state index in [1.54, 1.807) is 0 Å². The molecule has 0 fully saturated rings. The fourth-order valence-corrected chi connectivity index (χ4v) is 2.96. The summed E-state index contributed by atoms with van der Waals surface area (Å²) in [5.41, 5.74) is 0. The maximum absolute atomic E-state index is 12.2. The third-order valence-corrected chi connectivity index (χ3v) is 4.08. The van der Waals surface area contributed by atoms with Crippen molar-refractivity contribution in [1.82, 2.24) is 0 Å². The van der Waals surface area contributed by atoms with Gasteiger partial charge in [-0.3, -0.25) is 0 Å². The van der Waals surface area contributed by atoms with Crippen molar-refractivity contribution in [2.75, 3.05) is 6.61 Å². The van der Waals surface area contributed by atoms with E-state index in [2.05, 4.69) is 0 Å². The van der Waals surface area contributed by atoms with E-state index in [0.717, 1.165) is 35.0 Å². The van der Waals surface area contributed by atoms with E-state index in [1.807, 2.05) is 37.3 Å². The van der Waals surface area contributed by atoms with Gasteiger partial charge in [0.1, 0.15) is 5.76 Å². The molecule has 1 unspecified atom stereocenters. The normalized spacial score (nSPS) is 18.5. The molecule has 0 N–H and O–H groups in total. The Balaban J connectivity index is 2.28. The fraction of sp³-hybridized carbons (Fsp3) is 0.333. The predicted molar refractivity (Wildman–Crippen MR) is 60.7 cm³/mol. The van der Waals surface area contributed by atoms with Crippen molar-refractivity contribution < 1.29 is 8.95 Å². The maximum Gasteiger partial charge on any atom is 0.105 e. The van der Waals surface area contributed by atoms with E-state index in [1.165, 1.54) is 0 Å².